The highest BCUT2D eigenvalue weighted by Crippen LogP contribution is 2.24. The maximum Gasteiger partial charge on any atom is 0.505 e. The third kappa shape index (κ3) is 1.23. The van der Waals surface area contributed by atoms with Crippen LogP contribution in [0.5, 0.6) is 0 Å². The molecule has 0 aliphatic carbocycles. The smallest absolute Gasteiger partial charge is 0.172 e. The van der Waals surface area contributed by atoms with Crippen molar-refractivity contribution in [3.05, 3.63) is 17.4 Å². The van der Waals surface area contributed by atoms with Gasteiger partial charge in [-0.3, -0.25) is 0 Å². The molecule has 0 bridgehead atoms. The van der Waals surface area contributed by atoms with Crippen LogP contribution in [0.4, 0.5) is 13.2 Å². The molecule has 0 saturated heterocycles. The molecule has 6 heteroatoms. The van der Waals surface area contributed by atoms with Crippen LogP contribution in [0.2, 0.25) is 5.15 Å². The van der Waals surface area contributed by atoms with Crippen LogP contribution in [0.25, 0.3) is 0 Å². The molecule has 0 aromatic carbocycles. The highest BCUT2D eigenvalue weighted by Gasteiger charge is 2.33. The van der Waals surface area contributed by atoms with Crippen LogP contribution in [0, 0.1) is 0 Å². The highest BCUT2D eigenvalue weighted by molar-refractivity contribution is 6.29. The second-order valence-corrected chi connectivity index (χ2v) is 1.92. The molecule has 10 heavy (non-hydrogen) atoms. The summed E-state index contributed by atoms with van der Waals surface area (Å²) in [4.78, 5) is 0. The van der Waals surface area contributed by atoms with Gasteiger partial charge in [0.2, 0.25) is 0 Å². The van der Waals surface area contributed by atoms with Crippen molar-refractivity contribution < 1.29 is 13.2 Å². The Morgan fingerprint density at radius 3 is 2.30 bits per heavy atom. The van der Waals surface area contributed by atoms with Crippen LogP contribution in [0.15, 0.2) is 12.3 Å². The van der Waals surface area contributed by atoms with E-state index in [2.05, 4.69) is 5.10 Å². The van der Waals surface area contributed by atoms with E-state index in [1.165, 1.54) is 0 Å². The first-order chi connectivity index (χ1) is 4.52. The van der Waals surface area contributed by atoms with E-state index in [-0.39, 0.29) is 4.68 Å². The Bertz CT molecular complexity index is 229. The minimum atomic E-state index is -4.51. The van der Waals surface area contributed by atoms with Crippen molar-refractivity contribution in [1.29, 1.82) is 0 Å². The minimum Gasteiger partial charge on any atom is -0.172 e. The maximum atomic E-state index is 11.7. The van der Waals surface area contributed by atoms with E-state index in [1.54, 1.807) is 0 Å². The van der Waals surface area contributed by atoms with E-state index in [4.69, 9.17) is 11.6 Å². The summed E-state index contributed by atoms with van der Waals surface area (Å²) in [7, 11) is 0. The predicted molar refractivity (Wildman–Crippen MR) is 28.5 cm³/mol. The van der Waals surface area contributed by atoms with Crippen molar-refractivity contribution >= 4 is 11.6 Å². The van der Waals surface area contributed by atoms with Crippen molar-refractivity contribution in [3.63, 3.8) is 0 Å². The molecule has 0 spiro atoms. The van der Waals surface area contributed by atoms with Gasteiger partial charge in [0.05, 0.1) is 6.20 Å². The fourth-order valence-electron chi connectivity index (χ4n) is 0.474. The first-order valence-electron chi connectivity index (χ1n) is 2.28. The number of nitrogens with zero attached hydrogens (tertiary/aromatic N) is 2. The largest absolute Gasteiger partial charge is 0.505 e. The zero-order valence-corrected chi connectivity index (χ0v) is 5.32. The molecule has 1 aromatic heterocycles. The second-order valence-electron chi connectivity index (χ2n) is 1.53. The van der Waals surface area contributed by atoms with Crippen molar-refractivity contribution in [2.75, 3.05) is 0 Å². The molecule has 0 aliphatic heterocycles. The van der Waals surface area contributed by atoms with E-state index in [0.29, 0.717) is 0 Å². The number of halogens is 4. The molecule has 0 saturated carbocycles. The summed E-state index contributed by atoms with van der Waals surface area (Å²) in [5.74, 6) is 0. The zero-order valence-electron chi connectivity index (χ0n) is 4.56. The number of alkyl halides is 3. The number of hydrogen-bond donors (Lipinski definition) is 0. The van der Waals surface area contributed by atoms with Gasteiger partial charge in [-0.05, 0) is 6.07 Å². The molecule has 2 nitrogen and oxygen atoms in total. The summed E-state index contributed by atoms with van der Waals surface area (Å²) in [6, 6.07) is 1.06. The SMILES string of the molecule is FC(F)(F)n1nccc1Cl. The lowest BCUT2D eigenvalue weighted by Crippen LogP contribution is -2.17. The minimum absolute atomic E-state index is 0.214. The predicted octanol–water partition coefficient (Wildman–Crippen LogP) is 2.01. The maximum absolute atomic E-state index is 11.7. The Morgan fingerprint density at radius 1 is 1.50 bits per heavy atom. The van der Waals surface area contributed by atoms with Gasteiger partial charge in [0.15, 0.2) is 0 Å². The zero-order chi connectivity index (χ0) is 7.78. The molecule has 0 unspecified atom stereocenters. The molecular weight excluding hydrogens is 169 g/mol. The van der Waals surface area contributed by atoms with Gasteiger partial charge in [-0.1, -0.05) is 11.6 Å². The molecule has 0 radical (unpaired) electrons. The molecular formula is C4H2ClF3N2. The van der Waals surface area contributed by atoms with Crippen LogP contribution in [0.3, 0.4) is 0 Å². The summed E-state index contributed by atoms with van der Waals surface area (Å²) in [6.07, 6.45) is -3.53. The van der Waals surface area contributed by atoms with Crippen LogP contribution in [0.1, 0.15) is 0 Å². The van der Waals surface area contributed by atoms with E-state index in [9.17, 15) is 13.2 Å². The molecule has 1 heterocycles. The molecule has 0 N–H and O–H groups in total. The quantitative estimate of drug-likeness (QED) is 0.583. The van der Waals surface area contributed by atoms with Crippen molar-refractivity contribution in [1.82, 2.24) is 9.78 Å². The summed E-state index contributed by atoms with van der Waals surface area (Å²) < 4.78 is 34.9. The Balaban J connectivity index is 3.05. The number of hydrogen-bond acceptors (Lipinski definition) is 1. The van der Waals surface area contributed by atoms with Gasteiger partial charge < -0.3 is 0 Å². The first kappa shape index (κ1) is 7.40. The topological polar surface area (TPSA) is 17.8 Å². The molecule has 0 atom stereocenters. The monoisotopic (exact) mass is 170 g/mol. The molecule has 1 rings (SSSR count). The molecule has 1 aromatic rings. The van der Waals surface area contributed by atoms with Gasteiger partial charge in [-0.15, -0.1) is 13.2 Å². The summed E-state index contributed by atoms with van der Waals surface area (Å²) >= 11 is 5.10. The normalized spacial score (nSPS) is 12.0. The Labute approximate surface area is 59.2 Å². The molecule has 0 fully saturated rings. The van der Waals surface area contributed by atoms with Crippen LogP contribution in [-0.4, -0.2) is 9.78 Å². The lowest BCUT2D eigenvalue weighted by atomic mass is 10.7. The van der Waals surface area contributed by atoms with Gasteiger partial charge in [-0.2, -0.15) is 9.78 Å². The Kier molecular flexibility index (Phi) is 1.60. The summed E-state index contributed by atoms with van der Waals surface area (Å²) in [5.41, 5.74) is 0. The van der Waals surface area contributed by atoms with E-state index >= 15 is 0 Å². The van der Waals surface area contributed by atoms with E-state index in [0.717, 1.165) is 12.3 Å². The molecule has 56 valence electrons. The average molecular weight is 171 g/mol. The van der Waals surface area contributed by atoms with Gasteiger partial charge in [0.1, 0.15) is 5.15 Å². The summed E-state index contributed by atoms with van der Waals surface area (Å²) in [6.45, 7) is 0. The Hall–Kier alpha value is -0.710. The van der Waals surface area contributed by atoms with Gasteiger partial charge in [0, 0.05) is 0 Å². The van der Waals surface area contributed by atoms with Crippen molar-refractivity contribution in [2.45, 2.75) is 6.30 Å². The molecule has 0 aliphatic rings. The number of rotatable bonds is 0. The van der Waals surface area contributed by atoms with E-state index in [1.807, 2.05) is 0 Å². The lowest BCUT2D eigenvalue weighted by molar-refractivity contribution is -0.212. The third-order valence-electron chi connectivity index (χ3n) is 0.837. The molecule has 0 amide bonds. The van der Waals surface area contributed by atoms with Crippen LogP contribution < -0.4 is 0 Å². The van der Waals surface area contributed by atoms with Crippen molar-refractivity contribution in [2.24, 2.45) is 0 Å². The lowest BCUT2D eigenvalue weighted by Gasteiger charge is -2.05. The van der Waals surface area contributed by atoms with Gasteiger partial charge >= 0.3 is 6.30 Å². The third-order valence-corrected chi connectivity index (χ3v) is 1.12. The van der Waals surface area contributed by atoms with Crippen LogP contribution >= 0.6 is 11.6 Å². The first-order valence-corrected chi connectivity index (χ1v) is 2.66. The van der Waals surface area contributed by atoms with Gasteiger partial charge in [0.25, 0.3) is 0 Å². The fraction of sp³-hybridized carbons (Fsp3) is 0.250. The number of aromatic nitrogens is 2. The highest BCUT2D eigenvalue weighted by atomic mass is 35.5. The van der Waals surface area contributed by atoms with Gasteiger partial charge in [-0.25, -0.2) is 0 Å². The second kappa shape index (κ2) is 2.16. The van der Waals surface area contributed by atoms with Crippen molar-refractivity contribution in [3.8, 4) is 0 Å². The summed E-state index contributed by atoms with van der Waals surface area (Å²) in [5, 5.41) is 2.51. The van der Waals surface area contributed by atoms with E-state index < -0.39 is 11.5 Å². The fourth-order valence-corrected chi connectivity index (χ4v) is 0.670. The average Bonchev–Trinajstić information content (AvgIpc) is 2.11. The van der Waals surface area contributed by atoms with Crippen LogP contribution in [-0.2, 0) is 6.30 Å². The standard InChI is InChI=1S/C4H2ClF3N2/c5-3-1-2-9-10(3)4(6,7)8/h1-2H. The Morgan fingerprint density at radius 2 is 2.10 bits per heavy atom.